The van der Waals surface area contributed by atoms with Gasteiger partial charge in [0.25, 0.3) is 0 Å². The molecule has 2 nitrogen and oxygen atoms in total. The van der Waals surface area contributed by atoms with E-state index >= 15 is 0 Å². The fraction of sp³-hybridized carbons (Fsp3) is 0.864. The summed E-state index contributed by atoms with van der Waals surface area (Å²) in [4.78, 5) is 12.0. The molecule has 2 unspecified atom stereocenters. The predicted octanol–water partition coefficient (Wildman–Crippen LogP) is 4.62. The summed E-state index contributed by atoms with van der Waals surface area (Å²) in [6, 6.07) is 0. The molecule has 24 heavy (non-hydrogen) atoms. The van der Waals surface area contributed by atoms with E-state index in [-0.39, 0.29) is 0 Å². The smallest absolute Gasteiger partial charge is 0.133 e. The Morgan fingerprint density at radius 1 is 1.08 bits per heavy atom. The summed E-state index contributed by atoms with van der Waals surface area (Å²) < 4.78 is 6.07. The summed E-state index contributed by atoms with van der Waals surface area (Å²) in [6.07, 6.45) is 16.3. The number of terminal acetylenes is 1. The Morgan fingerprint density at radius 3 is 2.67 bits per heavy atom. The summed E-state index contributed by atoms with van der Waals surface area (Å²) in [5.41, 5.74) is 0.738. The van der Waals surface area contributed by atoms with Crippen molar-refractivity contribution in [3.05, 3.63) is 0 Å². The van der Waals surface area contributed by atoms with E-state index in [4.69, 9.17) is 11.2 Å². The van der Waals surface area contributed by atoms with Crippen molar-refractivity contribution in [2.24, 2.45) is 34.5 Å². The van der Waals surface area contributed by atoms with Crippen LogP contribution in [0.4, 0.5) is 0 Å². The van der Waals surface area contributed by atoms with Gasteiger partial charge in [0.15, 0.2) is 0 Å². The molecule has 0 N–H and O–H groups in total. The standard InChI is InChI=1S/C22H32O2/c1-4-13-24-20-8-7-18-17-6-5-15-14-16(23)9-11-21(15,2)19(17)10-12-22(18,20)3/h1,15,17-20H,5-14H2,2-3H3/t15?,17-,18-,19+,20?,21-,22-/m0/s1. The molecule has 0 heterocycles. The van der Waals surface area contributed by atoms with Gasteiger partial charge >= 0.3 is 0 Å². The Kier molecular flexibility index (Phi) is 4.07. The molecule has 2 heteroatoms. The average Bonchev–Trinajstić information content (AvgIpc) is 2.90. The van der Waals surface area contributed by atoms with Crippen LogP contribution in [0, 0.1) is 46.8 Å². The SMILES string of the molecule is C#CCOC1CC[C@H]2[C@@H]3CCC4CC(=O)CC[C@]4(C)[C@@H]3CC[C@]12C. The first-order chi connectivity index (χ1) is 11.5. The van der Waals surface area contributed by atoms with Gasteiger partial charge in [-0.3, -0.25) is 4.79 Å². The van der Waals surface area contributed by atoms with E-state index in [1.54, 1.807) is 0 Å². The van der Waals surface area contributed by atoms with Crippen LogP contribution in [0.15, 0.2) is 0 Å². The van der Waals surface area contributed by atoms with Gasteiger partial charge in [0.2, 0.25) is 0 Å². The van der Waals surface area contributed by atoms with Crippen molar-refractivity contribution >= 4 is 5.78 Å². The molecular weight excluding hydrogens is 296 g/mol. The molecule has 4 fully saturated rings. The lowest BCUT2D eigenvalue weighted by Gasteiger charge is -2.60. The normalized spacial score (nSPS) is 50.5. The van der Waals surface area contributed by atoms with Crippen molar-refractivity contribution in [1.82, 2.24) is 0 Å². The van der Waals surface area contributed by atoms with E-state index in [0.717, 1.165) is 37.0 Å². The molecule has 0 spiro atoms. The number of hydrogen-bond acceptors (Lipinski definition) is 2. The Morgan fingerprint density at radius 2 is 1.88 bits per heavy atom. The lowest BCUT2D eigenvalue weighted by molar-refractivity contribution is -0.144. The van der Waals surface area contributed by atoms with Gasteiger partial charge in [-0.2, -0.15) is 0 Å². The van der Waals surface area contributed by atoms with Gasteiger partial charge in [0.1, 0.15) is 12.4 Å². The molecule has 0 amide bonds. The molecule has 0 aromatic carbocycles. The maximum Gasteiger partial charge on any atom is 0.133 e. The zero-order valence-electron chi connectivity index (χ0n) is 15.4. The second kappa shape index (κ2) is 5.87. The zero-order chi connectivity index (χ0) is 16.9. The molecule has 4 aliphatic rings. The van der Waals surface area contributed by atoms with Crippen LogP contribution in [0.5, 0.6) is 0 Å². The van der Waals surface area contributed by atoms with E-state index in [0.29, 0.717) is 35.2 Å². The number of carbonyl (C=O) groups is 1. The quantitative estimate of drug-likeness (QED) is 0.692. The maximum absolute atomic E-state index is 12.0. The highest BCUT2D eigenvalue weighted by Gasteiger charge is 2.60. The molecule has 0 saturated heterocycles. The summed E-state index contributed by atoms with van der Waals surface area (Å²) in [5.74, 6) is 6.30. The Bertz CT molecular complexity index is 561. The number of hydrogen-bond donors (Lipinski definition) is 0. The molecule has 0 aromatic rings. The van der Waals surface area contributed by atoms with Gasteiger partial charge < -0.3 is 4.74 Å². The predicted molar refractivity (Wildman–Crippen MR) is 95.3 cm³/mol. The van der Waals surface area contributed by atoms with Gasteiger partial charge in [0.05, 0.1) is 6.10 Å². The van der Waals surface area contributed by atoms with Gasteiger partial charge in [0, 0.05) is 12.8 Å². The first-order valence-corrected chi connectivity index (χ1v) is 10.1. The minimum atomic E-state index is 0.325. The fourth-order valence-corrected chi connectivity index (χ4v) is 7.42. The van der Waals surface area contributed by atoms with Gasteiger partial charge in [-0.05, 0) is 79.4 Å². The molecule has 0 radical (unpaired) electrons. The van der Waals surface area contributed by atoms with Gasteiger partial charge in [-0.25, -0.2) is 0 Å². The molecule has 132 valence electrons. The molecule has 0 bridgehead atoms. The highest BCUT2D eigenvalue weighted by atomic mass is 16.5. The van der Waals surface area contributed by atoms with Gasteiger partial charge in [-0.15, -0.1) is 6.42 Å². The third kappa shape index (κ3) is 2.31. The van der Waals surface area contributed by atoms with Crippen LogP contribution in [-0.4, -0.2) is 18.5 Å². The van der Waals surface area contributed by atoms with E-state index < -0.39 is 0 Å². The Labute approximate surface area is 147 Å². The van der Waals surface area contributed by atoms with Crippen molar-refractivity contribution in [2.75, 3.05) is 6.61 Å². The lowest BCUT2D eigenvalue weighted by atomic mass is 9.45. The van der Waals surface area contributed by atoms with Crippen LogP contribution in [-0.2, 0) is 9.53 Å². The van der Waals surface area contributed by atoms with E-state index in [1.807, 2.05) is 0 Å². The largest absolute Gasteiger partial charge is 0.365 e. The number of fused-ring (bicyclic) bond motifs is 5. The summed E-state index contributed by atoms with van der Waals surface area (Å²) in [7, 11) is 0. The number of ketones is 1. The molecule has 4 saturated carbocycles. The van der Waals surface area contributed by atoms with Crippen molar-refractivity contribution in [3.8, 4) is 12.3 Å². The molecular formula is C22H32O2. The summed E-state index contributed by atoms with van der Waals surface area (Å²) in [5, 5.41) is 0. The van der Waals surface area contributed by atoms with Crippen LogP contribution in [0.25, 0.3) is 0 Å². The number of carbonyl (C=O) groups excluding carboxylic acids is 1. The van der Waals surface area contributed by atoms with E-state index in [2.05, 4.69) is 19.8 Å². The Balaban J connectivity index is 1.56. The molecule has 4 rings (SSSR count). The van der Waals surface area contributed by atoms with Crippen LogP contribution < -0.4 is 0 Å². The van der Waals surface area contributed by atoms with E-state index in [9.17, 15) is 4.79 Å². The van der Waals surface area contributed by atoms with Crippen LogP contribution in [0.1, 0.15) is 71.6 Å². The first kappa shape index (κ1) is 16.6. The highest BCUT2D eigenvalue weighted by Crippen LogP contribution is 2.66. The average molecular weight is 328 g/mol. The monoisotopic (exact) mass is 328 g/mol. The van der Waals surface area contributed by atoms with Crippen LogP contribution in [0.2, 0.25) is 0 Å². The third-order valence-electron chi connectivity index (χ3n) is 8.76. The third-order valence-corrected chi connectivity index (χ3v) is 8.76. The van der Waals surface area contributed by atoms with Crippen molar-refractivity contribution in [2.45, 2.75) is 77.7 Å². The molecule has 0 aliphatic heterocycles. The van der Waals surface area contributed by atoms with Crippen LogP contribution in [0.3, 0.4) is 0 Å². The topological polar surface area (TPSA) is 26.3 Å². The Hall–Kier alpha value is -0.810. The molecule has 7 atom stereocenters. The summed E-state index contributed by atoms with van der Waals surface area (Å²) in [6.45, 7) is 5.45. The van der Waals surface area contributed by atoms with Crippen molar-refractivity contribution in [3.63, 3.8) is 0 Å². The fourth-order valence-electron chi connectivity index (χ4n) is 7.42. The first-order valence-electron chi connectivity index (χ1n) is 10.1. The van der Waals surface area contributed by atoms with Crippen LogP contribution >= 0.6 is 0 Å². The van der Waals surface area contributed by atoms with Crippen molar-refractivity contribution < 1.29 is 9.53 Å². The highest BCUT2D eigenvalue weighted by molar-refractivity contribution is 5.79. The number of rotatable bonds is 2. The van der Waals surface area contributed by atoms with Gasteiger partial charge in [-0.1, -0.05) is 19.8 Å². The second-order valence-corrected chi connectivity index (χ2v) is 9.53. The molecule has 0 aromatic heterocycles. The second-order valence-electron chi connectivity index (χ2n) is 9.53. The number of ether oxygens (including phenoxy) is 1. The minimum absolute atomic E-state index is 0.325. The van der Waals surface area contributed by atoms with E-state index in [1.165, 1.54) is 38.5 Å². The minimum Gasteiger partial charge on any atom is -0.365 e. The summed E-state index contributed by atoms with van der Waals surface area (Å²) >= 11 is 0. The molecule has 4 aliphatic carbocycles. The zero-order valence-corrected chi connectivity index (χ0v) is 15.4. The van der Waals surface area contributed by atoms with Crippen molar-refractivity contribution in [1.29, 1.82) is 0 Å². The lowest BCUT2D eigenvalue weighted by Crippen LogP contribution is -2.54. The number of Topliss-reactive ketones (excluding diaryl/α,β-unsaturated/α-hetero) is 1. The maximum atomic E-state index is 12.0.